The van der Waals surface area contributed by atoms with Crippen LogP contribution in [-0.4, -0.2) is 59.1 Å². The summed E-state index contributed by atoms with van der Waals surface area (Å²) in [6.07, 6.45) is 7.28. The molecule has 2 saturated heterocycles. The molecule has 0 aromatic carbocycles. The van der Waals surface area contributed by atoms with Crippen LogP contribution in [0.4, 0.5) is 0 Å². The van der Waals surface area contributed by atoms with Gasteiger partial charge < -0.3 is 5.11 Å². The van der Waals surface area contributed by atoms with E-state index in [1.807, 2.05) is 0 Å². The van der Waals surface area contributed by atoms with E-state index in [0.29, 0.717) is 0 Å². The van der Waals surface area contributed by atoms with Crippen LogP contribution in [0, 0.1) is 0 Å². The van der Waals surface area contributed by atoms with E-state index in [4.69, 9.17) is 0 Å². The average Bonchev–Trinajstić information content (AvgIpc) is 2.40. The van der Waals surface area contributed by atoms with Crippen LogP contribution in [-0.2, 0) is 4.79 Å². The number of carboxylic acids is 1. The van der Waals surface area contributed by atoms with Gasteiger partial charge in [0.1, 0.15) is 6.04 Å². The molecule has 0 amide bonds. The fourth-order valence-corrected chi connectivity index (χ4v) is 3.39. The summed E-state index contributed by atoms with van der Waals surface area (Å²) in [5.74, 6) is -0.644. The maximum Gasteiger partial charge on any atom is 0.322 e. The minimum atomic E-state index is -0.644. The monoisotopic (exact) mass is 254 g/mol. The smallest absolute Gasteiger partial charge is 0.322 e. The zero-order valence-corrected chi connectivity index (χ0v) is 11.5. The third-order valence-corrected chi connectivity index (χ3v) is 4.46. The van der Waals surface area contributed by atoms with E-state index in [2.05, 4.69) is 16.7 Å². The van der Waals surface area contributed by atoms with Crippen molar-refractivity contribution >= 4 is 5.97 Å². The van der Waals surface area contributed by atoms with Gasteiger partial charge in [-0.15, -0.1) is 0 Å². The second-order valence-corrected chi connectivity index (χ2v) is 5.72. The lowest BCUT2D eigenvalue weighted by Crippen LogP contribution is -2.56. The largest absolute Gasteiger partial charge is 0.480 e. The molecular formula is C14H26N2O2. The molecule has 2 aliphatic rings. The highest BCUT2D eigenvalue weighted by atomic mass is 16.4. The summed E-state index contributed by atoms with van der Waals surface area (Å²) in [4.78, 5) is 16.2. The fourth-order valence-electron chi connectivity index (χ4n) is 3.39. The highest BCUT2D eigenvalue weighted by Gasteiger charge is 2.35. The van der Waals surface area contributed by atoms with Gasteiger partial charge in [0.15, 0.2) is 0 Å². The van der Waals surface area contributed by atoms with Crippen LogP contribution in [0.2, 0.25) is 0 Å². The third kappa shape index (κ3) is 3.23. The topological polar surface area (TPSA) is 43.8 Å². The molecule has 4 heteroatoms. The molecule has 0 saturated carbocycles. The molecule has 2 atom stereocenters. The van der Waals surface area contributed by atoms with Gasteiger partial charge in [-0.3, -0.25) is 14.6 Å². The van der Waals surface area contributed by atoms with Gasteiger partial charge in [0.05, 0.1) is 0 Å². The molecule has 4 nitrogen and oxygen atoms in total. The summed E-state index contributed by atoms with van der Waals surface area (Å²) < 4.78 is 0. The van der Waals surface area contributed by atoms with Gasteiger partial charge in [0.2, 0.25) is 0 Å². The standard InChI is InChI=1S/C14H26N2O2/c1-12(15-8-4-2-5-9-15)13(14(17)18)16-10-6-3-7-11-16/h12-13H,2-11H2,1H3,(H,17,18)/t12-,13+/m1/s1. The van der Waals surface area contributed by atoms with Crippen LogP contribution >= 0.6 is 0 Å². The molecule has 2 heterocycles. The number of carbonyl (C=O) groups is 1. The van der Waals surface area contributed by atoms with Gasteiger partial charge in [-0.1, -0.05) is 12.8 Å². The van der Waals surface area contributed by atoms with Crippen molar-refractivity contribution < 1.29 is 9.90 Å². The number of rotatable bonds is 4. The number of piperidine rings is 2. The molecule has 0 aromatic rings. The molecule has 2 rings (SSSR count). The van der Waals surface area contributed by atoms with Crippen LogP contribution in [0.3, 0.4) is 0 Å². The molecule has 0 radical (unpaired) electrons. The summed E-state index contributed by atoms with van der Waals surface area (Å²) in [5.41, 5.74) is 0. The second kappa shape index (κ2) is 6.53. The van der Waals surface area contributed by atoms with Gasteiger partial charge in [-0.25, -0.2) is 0 Å². The molecule has 2 aliphatic heterocycles. The molecule has 104 valence electrons. The lowest BCUT2D eigenvalue weighted by molar-refractivity contribution is -0.146. The van der Waals surface area contributed by atoms with Crippen LogP contribution in [0.1, 0.15) is 45.4 Å². The molecule has 2 fully saturated rings. The van der Waals surface area contributed by atoms with Crippen molar-refractivity contribution in [3.05, 3.63) is 0 Å². The number of aliphatic carboxylic acids is 1. The van der Waals surface area contributed by atoms with E-state index in [0.717, 1.165) is 39.0 Å². The van der Waals surface area contributed by atoms with Crippen molar-refractivity contribution in [2.75, 3.05) is 26.2 Å². The number of likely N-dealkylation sites (tertiary alicyclic amines) is 2. The average molecular weight is 254 g/mol. The van der Waals surface area contributed by atoms with Crippen molar-refractivity contribution in [2.45, 2.75) is 57.5 Å². The van der Waals surface area contributed by atoms with E-state index in [1.165, 1.54) is 25.7 Å². The minimum Gasteiger partial charge on any atom is -0.480 e. The maximum atomic E-state index is 11.6. The zero-order valence-electron chi connectivity index (χ0n) is 11.5. The van der Waals surface area contributed by atoms with E-state index < -0.39 is 5.97 Å². The summed E-state index contributed by atoms with van der Waals surface area (Å²) >= 11 is 0. The van der Waals surface area contributed by atoms with E-state index >= 15 is 0 Å². The Hall–Kier alpha value is -0.610. The van der Waals surface area contributed by atoms with Gasteiger partial charge in [0.25, 0.3) is 0 Å². The molecule has 18 heavy (non-hydrogen) atoms. The van der Waals surface area contributed by atoms with E-state index in [1.54, 1.807) is 0 Å². The molecule has 1 N–H and O–H groups in total. The first kappa shape index (κ1) is 13.8. The summed E-state index contributed by atoms with van der Waals surface area (Å²) in [5, 5.41) is 9.56. The normalized spacial score (nSPS) is 26.7. The van der Waals surface area contributed by atoms with E-state index in [9.17, 15) is 9.90 Å². The lowest BCUT2D eigenvalue weighted by atomic mass is 10.00. The van der Waals surface area contributed by atoms with Crippen molar-refractivity contribution in [1.82, 2.24) is 9.80 Å². The first-order chi connectivity index (χ1) is 8.70. The molecule has 0 unspecified atom stereocenters. The second-order valence-electron chi connectivity index (χ2n) is 5.72. The lowest BCUT2D eigenvalue weighted by Gasteiger charge is -2.41. The third-order valence-electron chi connectivity index (χ3n) is 4.46. The molecule has 0 aliphatic carbocycles. The summed E-state index contributed by atoms with van der Waals surface area (Å²) in [7, 11) is 0. The van der Waals surface area contributed by atoms with Crippen LogP contribution < -0.4 is 0 Å². The molecule has 0 bridgehead atoms. The highest BCUT2D eigenvalue weighted by molar-refractivity contribution is 5.74. The quantitative estimate of drug-likeness (QED) is 0.831. The van der Waals surface area contributed by atoms with Gasteiger partial charge in [-0.05, 0) is 58.8 Å². The summed E-state index contributed by atoms with van der Waals surface area (Å²) in [6.45, 7) is 6.14. The van der Waals surface area contributed by atoms with Gasteiger partial charge >= 0.3 is 5.97 Å². The first-order valence-corrected chi connectivity index (χ1v) is 7.41. The van der Waals surface area contributed by atoms with Crippen molar-refractivity contribution in [2.24, 2.45) is 0 Å². The molecule has 0 spiro atoms. The Balaban J connectivity index is 2.00. The molecule has 0 aromatic heterocycles. The van der Waals surface area contributed by atoms with Gasteiger partial charge in [-0.2, -0.15) is 0 Å². The maximum absolute atomic E-state index is 11.6. The van der Waals surface area contributed by atoms with Crippen LogP contribution in [0.25, 0.3) is 0 Å². The van der Waals surface area contributed by atoms with E-state index in [-0.39, 0.29) is 12.1 Å². The predicted octanol–water partition coefficient (Wildman–Crippen LogP) is 1.80. The molecular weight excluding hydrogens is 228 g/mol. The Morgan fingerprint density at radius 2 is 1.33 bits per heavy atom. The fraction of sp³-hybridized carbons (Fsp3) is 0.929. The van der Waals surface area contributed by atoms with Crippen molar-refractivity contribution in [3.63, 3.8) is 0 Å². The van der Waals surface area contributed by atoms with Crippen LogP contribution in [0.15, 0.2) is 0 Å². The Bertz CT molecular complexity index is 271. The first-order valence-electron chi connectivity index (χ1n) is 7.41. The van der Waals surface area contributed by atoms with Crippen LogP contribution in [0.5, 0.6) is 0 Å². The number of carboxylic acid groups (broad SMARTS) is 1. The van der Waals surface area contributed by atoms with Gasteiger partial charge in [0, 0.05) is 6.04 Å². The SMILES string of the molecule is C[C@H]([C@@H](C(=O)O)N1CCCCC1)N1CCCCC1. The Morgan fingerprint density at radius 3 is 1.78 bits per heavy atom. The Morgan fingerprint density at radius 1 is 0.889 bits per heavy atom. The van der Waals surface area contributed by atoms with Crippen molar-refractivity contribution in [1.29, 1.82) is 0 Å². The number of hydrogen-bond acceptors (Lipinski definition) is 3. The van der Waals surface area contributed by atoms with Crippen molar-refractivity contribution in [3.8, 4) is 0 Å². The summed E-state index contributed by atoms with van der Waals surface area (Å²) in [6, 6.07) is -0.177. The predicted molar refractivity (Wildman–Crippen MR) is 71.7 cm³/mol. The number of nitrogens with zero attached hydrogens (tertiary/aromatic N) is 2. The zero-order chi connectivity index (χ0) is 13.0. The Kier molecular flexibility index (Phi) is 5.01. The highest BCUT2D eigenvalue weighted by Crippen LogP contribution is 2.20. The number of hydrogen-bond donors (Lipinski definition) is 1. The Labute approximate surface area is 110 Å². The minimum absolute atomic E-state index is 0.140.